The Labute approximate surface area is 218 Å². The van der Waals surface area contributed by atoms with E-state index in [0.29, 0.717) is 25.9 Å². The van der Waals surface area contributed by atoms with Crippen LogP contribution in [0, 0.1) is 0 Å². The van der Waals surface area contributed by atoms with Crippen LogP contribution in [0.25, 0.3) is 0 Å². The molecule has 0 aliphatic heterocycles. The lowest BCUT2D eigenvalue weighted by Gasteiger charge is -2.09. The van der Waals surface area contributed by atoms with Gasteiger partial charge in [0.25, 0.3) is 0 Å². The number of hydrogen-bond donors (Lipinski definition) is 4. The monoisotopic (exact) mass is 520 g/mol. The third-order valence-corrected chi connectivity index (χ3v) is 5.20. The Hall–Kier alpha value is -3.47. The van der Waals surface area contributed by atoms with Crippen molar-refractivity contribution in [2.45, 2.75) is 58.4 Å². The summed E-state index contributed by atoms with van der Waals surface area (Å²) in [7, 11) is 1.55. The number of nitrogens with one attached hydrogen (secondary N) is 4. The standard InChI is InChI=1S/C26H40N4O7/c1-20(31)7-4-3-5-13-29-26(35)37-16-6-15-36-19-25(34)30-18-22-10-8-21(9-11-22)17-24(33)28-14-12-23(32)27-2/h8-11H,3-7,12-19H2,1-2H3,(H,27,32)(H,28,33)(H,29,35)(H,30,34). The molecule has 0 unspecified atom stereocenters. The smallest absolute Gasteiger partial charge is 0.407 e. The molecule has 0 aliphatic carbocycles. The average molecular weight is 521 g/mol. The maximum atomic E-state index is 11.9. The fourth-order valence-corrected chi connectivity index (χ4v) is 3.12. The van der Waals surface area contributed by atoms with Gasteiger partial charge < -0.3 is 35.5 Å². The van der Waals surface area contributed by atoms with Crippen molar-refractivity contribution in [1.82, 2.24) is 21.3 Å². The number of benzene rings is 1. The summed E-state index contributed by atoms with van der Waals surface area (Å²) >= 11 is 0. The fourth-order valence-electron chi connectivity index (χ4n) is 3.12. The minimum atomic E-state index is -0.489. The summed E-state index contributed by atoms with van der Waals surface area (Å²) in [6.45, 7) is 3.07. The van der Waals surface area contributed by atoms with Crippen molar-refractivity contribution in [3.8, 4) is 0 Å². The summed E-state index contributed by atoms with van der Waals surface area (Å²) in [5, 5.41) is 10.6. The minimum absolute atomic E-state index is 0.0965. The van der Waals surface area contributed by atoms with E-state index in [9.17, 15) is 24.0 Å². The first-order valence-corrected chi connectivity index (χ1v) is 12.6. The molecule has 0 bridgehead atoms. The Morgan fingerprint density at radius 3 is 2.16 bits per heavy atom. The van der Waals surface area contributed by atoms with Crippen LogP contribution >= 0.6 is 0 Å². The van der Waals surface area contributed by atoms with E-state index in [1.54, 1.807) is 14.0 Å². The Morgan fingerprint density at radius 2 is 1.46 bits per heavy atom. The van der Waals surface area contributed by atoms with Gasteiger partial charge >= 0.3 is 6.09 Å². The van der Waals surface area contributed by atoms with Crippen LogP contribution in [0.3, 0.4) is 0 Å². The molecule has 11 nitrogen and oxygen atoms in total. The van der Waals surface area contributed by atoms with Crippen molar-refractivity contribution in [3.63, 3.8) is 0 Å². The number of amides is 4. The second-order valence-corrected chi connectivity index (χ2v) is 8.52. The lowest BCUT2D eigenvalue weighted by molar-refractivity contribution is -0.126. The molecule has 0 heterocycles. The van der Waals surface area contributed by atoms with Crippen LogP contribution in [0.15, 0.2) is 24.3 Å². The van der Waals surface area contributed by atoms with Crippen molar-refractivity contribution in [3.05, 3.63) is 35.4 Å². The Kier molecular flexibility index (Phi) is 16.8. The van der Waals surface area contributed by atoms with Crippen molar-refractivity contribution in [2.24, 2.45) is 0 Å². The molecule has 0 fully saturated rings. The molecule has 1 rings (SSSR count). The number of hydrogen-bond acceptors (Lipinski definition) is 7. The van der Waals surface area contributed by atoms with Crippen LogP contribution in [0.4, 0.5) is 4.79 Å². The zero-order valence-electron chi connectivity index (χ0n) is 21.9. The van der Waals surface area contributed by atoms with E-state index >= 15 is 0 Å². The Morgan fingerprint density at radius 1 is 0.730 bits per heavy atom. The normalized spacial score (nSPS) is 10.3. The van der Waals surface area contributed by atoms with E-state index in [0.717, 1.165) is 30.4 Å². The highest BCUT2D eigenvalue weighted by molar-refractivity contribution is 5.80. The highest BCUT2D eigenvalue weighted by Gasteiger charge is 2.06. The van der Waals surface area contributed by atoms with E-state index in [4.69, 9.17) is 9.47 Å². The summed E-state index contributed by atoms with van der Waals surface area (Å²) in [5.41, 5.74) is 1.71. The van der Waals surface area contributed by atoms with Gasteiger partial charge in [-0.1, -0.05) is 30.7 Å². The molecule has 0 atom stereocenters. The molecule has 0 spiro atoms. The first-order chi connectivity index (χ1) is 17.8. The van der Waals surface area contributed by atoms with Gasteiger partial charge in [0.1, 0.15) is 12.4 Å². The third-order valence-electron chi connectivity index (χ3n) is 5.20. The predicted molar refractivity (Wildman–Crippen MR) is 138 cm³/mol. The largest absolute Gasteiger partial charge is 0.449 e. The molecule has 1 aromatic carbocycles. The van der Waals surface area contributed by atoms with Crippen molar-refractivity contribution < 1.29 is 33.4 Å². The SMILES string of the molecule is CNC(=O)CCNC(=O)Cc1ccc(CNC(=O)COCCCOC(=O)NCCCCCC(C)=O)cc1. The van der Waals surface area contributed by atoms with Crippen LogP contribution in [0.2, 0.25) is 0 Å². The van der Waals surface area contributed by atoms with Gasteiger partial charge in [-0.05, 0) is 30.9 Å². The van der Waals surface area contributed by atoms with Gasteiger partial charge in [-0.25, -0.2) is 4.79 Å². The molecule has 0 radical (unpaired) electrons. The Balaban J connectivity index is 2.06. The van der Waals surface area contributed by atoms with Gasteiger partial charge in [-0.15, -0.1) is 0 Å². The molecular weight excluding hydrogens is 480 g/mol. The van der Waals surface area contributed by atoms with E-state index < -0.39 is 6.09 Å². The van der Waals surface area contributed by atoms with Gasteiger partial charge in [0.05, 0.1) is 19.6 Å². The van der Waals surface area contributed by atoms with Gasteiger partial charge in [0, 0.05) is 45.9 Å². The van der Waals surface area contributed by atoms with E-state index in [1.807, 2.05) is 24.3 Å². The second-order valence-electron chi connectivity index (χ2n) is 8.52. The molecule has 206 valence electrons. The maximum Gasteiger partial charge on any atom is 0.407 e. The number of rotatable bonds is 19. The molecule has 37 heavy (non-hydrogen) atoms. The van der Waals surface area contributed by atoms with E-state index in [-0.39, 0.29) is 62.7 Å². The van der Waals surface area contributed by atoms with Crippen molar-refractivity contribution in [2.75, 3.05) is 40.0 Å². The fraction of sp³-hybridized carbons (Fsp3) is 0.577. The van der Waals surface area contributed by atoms with Crippen LogP contribution < -0.4 is 21.3 Å². The molecule has 11 heteroatoms. The van der Waals surface area contributed by atoms with Gasteiger partial charge in [-0.2, -0.15) is 0 Å². The van der Waals surface area contributed by atoms with Crippen LogP contribution in [0.5, 0.6) is 0 Å². The maximum absolute atomic E-state index is 11.9. The topological polar surface area (TPSA) is 152 Å². The molecule has 4 N–H and O–H groups in total. The zero-order valence-corrected chi connectivity index (χ0v) is 21.9. The summed E-state index contributed by atoms with van der Waals surface area (Å²) in [6, 6.07) is 7.31. The lowest BCUT2D eigenvalue weighted by atomic mass is 10.1. The van der Waals surface area contributed by atoms with Crippen molar-refractivity contribution >= 4 is 29.6 Å². The number of ether oxygens (including phenoxy) is 2. The lowest BCUT2D eigenvalue weighted by Crippen LogP contribution is -2.30. The first kappa shape index (κ1) is 31.6. The van der Waals surface area contributed by atoms with Crippen molar-refractivity contribution in [1.29, 1.82) is 0 Å². The zero-order chi connectivity index (χ0) is 27.3. The molecule has 1 aromatic rings. The first-order valence-electron chi connectivity index (χ1n) is 12.6. The molecule has 0 aromatic heterocycles. The highest BCUT2D eigenvalue weighted by Crippen LogP contribution is 2.05. The van der Waals surface area contributed by atoms with Crippen LogP contribution in [-0.4, -0.2) is 69.6 Å². The number of ketones is 1. The second kappa shape index (κ2) is 19.7. The number of unbranched alkanes of at least 4 members (excludes halogenated alkanes) is 2. The highest BCUT2D eigenvalue weighted by atomic mass is 16.5. The molecule has 0 aliphatic rings. The summed E-state index contributed by atoms with van der Waals surface area (Å²) < 4.78 is 10.3. The van der Waals surface area contributed by atoms with E-state index in [1.165, 1.54) is 0 Å². The molecule has 0 saturated heterocycles. The molecule has 4 amide bonds. The number of Topliss-reactive ketones (excluding diaryl/α,β-unsaturated/α-hetero) is 1. The van der Waals surface area contributed by atoms with Gasteiger partial charge in [0.15, 0.2) is 0 Å². The van der Waals surface area contributed by atoms with Gasteiger partial charge in [0.2, 0.25) is 17.7 Å². The minimum Gasteiger partial charge on any atom is -0.449 e. The third kappa shape index (κ3) is 17.6. The summed E-state index contributed by atoms with van der Waals surface area (Å²) in [4.78, 5) is 57.4. The quantitative estimate of drug-likeness (QED) is 0.201. The van der Waals surface area contributed by atoms with Gasteiger partial charge in [-0.3, -0.25) is 14.4 Å². The number of alkyl carbamates (subject to hydrolysis) is 1. The number of carbonyl (C=O) groups excluding carboxylic acids is 5. The number of carbonyl (C=O) groups is 5. The average Bonchev–Trinajstić information content (AvgIpc) is 2.87. The van der Waals surface area contributed by atoms with Crippen LogP contribution in [0.1, 0.15) is 56.6 Å². The summed E-state index contributed by atoms with van der Waals surface area (Å²) in [5.74, 6) is -0.375. The predicted octanol–water partition coefficient (Wildman–Crippen LogP) is 1.38. The van der Waals surface area contributed by atoms with E-state index in [2.05, 4.69) is 21.3 Å². The molecule has 0 saturated carbocycles. The summed E-state index contributed by atoms with van der Waals surface area (Å²) in [6.07, 6.45) is 3.50. The molecular formula is C26H40N4O7. The van der Waals surface area contributed by atoms with Crippen LogP contribution in [-0.2, 0) is 41.6 Å². The Bertz CT molecular complexity index is 859.